The first-order chi connectivity index (χ1) is 19.7. The molecule has 218 valence electrons. The highest BCUT2D eigenvalue weighted by Gasteiger charge is 2.25. The first-order valence-electron chi connectivity index (χ1n) is 14.3. The molecule has 1 N–H and O–H groups in total. The van der Waals surface area contributed by atoms with Gasteiger partial charge in [0.1, 0.15) is 11.5 Å². The van der Waals surface area contributed by atoms with Crippen LogP contribution in [0.2, 0.25) is 0 Å². The van der Waals surface area contributed by atoms with Crippen molar-refractivity contribution in [2.24, 2.45) is 0 Å². The van der Waals surface area contributed by atoms with Crippen LogP contribution in [-0.2, 0) is 6.42 Å². The van der Waals surface area contributed by atoms with Gasteiger partial charge in [0.25, 0.3) is 5.91 Å². The lowest BCUT2D eigenvalue weighted by Crippen LogP contribution is -2.38. The third-order valence-corrected chi connectivity index (χ3v) is 6.95. The van der Waals surface area contributed by atoms with E-state index >= 15 is 0 Å². The molecule has 9 heteroatoms. The van der Waals surface area contributed by atoms with E-state index in [4.69, 9.17) is 5.11 Å². The number of rotatable bonds is 4. The molecule has 5 rings (SSSR count). The minimum atomic E-state index is -0.937. The summed E-state index contributed by atoms with van der Waals surface area (Å²) in [6.45, 7) is 12.6. The Balaban J connectivity index is 0.000000324. The molecule has 1 fully saturated rings. The van der Waals surface area contributed by atoms with E-state index in [-0.39, 0.29) is 23.3 Å². The Hall–Kier alpha value is -4.14. The Labute approximate surface area is 241 Å². The van der Waals surface area contributed by atoms with Crippen LogP contribution in [0.25, 0.3) is 16.9 Å². The minimum absolute atomic E-state index is 0.0270. The van der Waals surface area contributed by atoms with Crippen molar-refractivity contribution in [1.82, 2.24) is 24.5 Å². The van der Waals surface area contributed by atoms with E-state index in [9.17, 15) is 14.0 Å². The van der Waals surface area contributed by atoms with E-state index in [1.165, 1.54) is 18.3 Å². The topological polar surface area (TPSA) is 101 Å². The van der Waals surface area contributed by atoms with Crippen LogP contribution in [0.1, 0.15) is 91.2 Å². The Morgan fingerprint density at radius 2 is 1.80 bits per heavy atom. The Bertz CT molecular complexity index is 1480. The van der Waals surface area contributed by atoms with Crippen molar-refractivity contribution in [1.29, 1.82) is 0 Å². The summed E-state index contributed by atoms with van der Waals surface area (Å²) in [5.41, 5.74) is 4.79. The van der Waals surface area contributed by atoms with Gasteiger partial charge in [0.2, 0.25) is 0 Å². The number of aryl methyl sites for hydroxylation is 3. The van der Waals surface area contributed by atoms with E-state index in [0.717, 1.165) is 49.2 Å². The van der Waals surface area contributed by atoms with Crippen LogP contribution in [0.4, 0.5) is 4.39 Å². The van der Waals surface area contributed by atoms with E-state index < -0.39 is 5.97 Å². The molecule has 1 aliphatic heterocycles. The number of pyridine rings is 1. The molecular weight excluding hydrogens is 521 g/mol. The van der Waals surface area contributed by atoms with Gasteiger partial charge in [-0.05, 0) is 75.9 Å². The van der Waals surface area contributed by atoms with Crippen LogP contribution in [0.15, 0.2) is 48.7 Å². The number of nitrogens with zero attached hydrogens (tertiary/aromatic N) is 5. The number of carbonyl (C=O) groups is 2. The lowest BCUT2D eigenvalue weighted by Gasteiger charge is -2.27. The molecule has 4 heterocycles. The molecule has 1 saturated heterocycles. The van der Waals surface area contributed by atoms with Crippen LogP contribution < -0.4 is 0 Å². The molecule has 1 unspecified atom stereocenters. The number of halogens is 1. The van der Waals surface area contributed by atoms with Crippen LogP contribution in [0, 0.1) is 19.7 Å². The van der Waals surface area contributed by atoms with Gasteiger partial charge >= 0.3 is 5.97 Å². The third kappa shape index (κ3) is 7.74. The maximum absolute atomic E-state index is 14.4. The Morgan fingerprint density at radius 3 is 2.44 bits per heavy atom. The van der Waals surface area contributed by atoms with Gasteiger partial charge in [-0.25, -0.2) is 18.7 Å². The first-order valence-corrected chi connectivity index (χ1v) is 14.3. The first kappa shape index (κ1) is 31.4. The summed E-state index contributed by atoms with van der Waals surface area (Å²) < 4.78 is 16.2. The second-order valence-electron chi connectivity index (χ2n) is 9.96. The largest absolute Gasteiger partial charge is 0.478 e. The molecule has 3 aromatic heterocycles. The maximum Gasteiger partial charge on any atom is 0.337 e. The van der Waals surface area contributed by atoms with Crippen molar-refractivity contribution in [3.8, 4) is 11.3 Å². The van der Waals surface area contributed by atoms with E-state index in [0.29, 0.717) is 29.0 Å². The van der Waals surface area contributed by atoms with Crippen molar-refractivity contribution < 1.29 is 19.1 Å². The van der Waals surface area contributed by atoms with Gasteiger partial charge in [-0.2, -0.15) is 5.10 Å². The van der Waals surface area contributed by atoms with Gasteiger partial charge < -0.3 is 10.0 Å². The fourth-order valence-electron chi connectivity index (χ4n) is 4.68. The minimum Gasteiger partial charge on any atom is -0.478 e. The van der Waals surface area contributed by atoms with Crippen LogP contribution in [0.3, 0.4) is 0 Å². The number of amides is 1. The number of hydrogen-bond acceptors (Lipinski definition) is 5. The monoisotopic (exact) mass is 561 g/mol. The van der Waals surface area contributed by atoms with Crippen molar-refractivity contribution in [2.75, 3.05) is 6.54 Å². The van der Waals surface area contributed by atoms with Crippen molar-refractivity contribution in [2.45, 2.75) is 79.7 Å². The highest BCUT2D eigenvalue weighted by molar-refractivity contribution is 5.93. The number of carbonyl (C=O) groups excluding carboxylic acids is 1. The zero-order chi connectivity index (χ0) is 30.1. The Morgan fingerprint density at radius 1 is 1.05 bits per heavy atom. The molecule has 0 spiro atoms. The molecule has 0 radical (unpaired) electrons. The summed E-state index contributed by atoms with van der Waals surface area (Å²) in [6.07, 6.45) is 6.42. The number of aromatic carboxylic acids is 1. The molecule has 41 heavy (non-hydrogen) atoms. The third-order valence-electron chi connectivity index (χ3n) is 6.95. The second-order valence-corrected chi connectivity index (χ2v) is 9.96. The van der Waals surface area contributed by atoms with E-state index in [2.05, 4.69) is 22.0 Å². The summed E-state index contributed by atoms with van der Waals surface area (Å²) in [7, 11) is 0. The quantitative estimate of drug-likeness (QED) is 0.290. The standard InChI is InChI=1S/C23H27FN4O.C7H7NO2.C2H6/c1-4-17-13-21(23(29)27-11-7-5-6-8-16(27)3)25-22-14-20(26-28(17)22)18-10-9-15(2)12-19(18)24;1-5-2-3-6(4-8-5)7(9)10;1-2/h9-10,12-14,16H,4-8,11H2,1-3H3;2-4H,1H3,(H,9,10);1-2H3. The maximum atomic E-state index is 14.4. The average molecular weight is 562 g/mol. The second kappa shape index (κ2) is 14.5. The highest BCUT2D eigenvalue weighted by atomic mass is 19.1. The van der Waals surface area contributed by atoms with Gasteiger partial charge in [-0.15, -0.1) is 0 Å². The summed E-state index contributed by atoms with van der Waals surface area (Å²) in [5, 5.41) is 13.0. The molecule has 1 amide bonds. The molecule has 8 nitrogen and oxygen atoms in total. The zero-order valence-electron chi connectivity index (χ0n) is 24.8. The van der Waals surface area contributed by atoms with Gasteiger partial charge in [-0.1, -0.05) is 39.7 Å². The molecule has 1 aliphatic rings. The molecule has 1 atom stereocenters. The molecule has 1 aromatic carbocycles. The van der Waals surface area contributed by atoms with Crippen molar-refractivity contribution in [3.63, 3.8) is 0 Å². The van der Waals surface area contributed by atoms with Gasteiger partial charge in [0.15, 0.2) is 5.65 Å². The zero-order valence-corrected chi connectivity index (χ0v) is 24.8. The van der Waals surface area contributed by atoms with E-state index in [1.54, 1.807) is 22.7 Å². The van der Waals surface area contributed by atoms with Gasteiger partial charge in [0, 0.05) is 41.8 Å². The fourth-order valence-corrected chi connectivity index (χ4v) is 4.68. The van der Waals surface area contributed by atoms with E-state index in [1.807, 2.05) is 51.7 Å². The smallest absolute Gasteiger partial charge is 0.337 e. The number of hydrogen-bond donors (Lipinski definition) is 1. The summed E-state index contributed by atoms with van der Waals surface area (Å²) in [5.74, 6) is -1.27. The molecule has 4 aromatic rings. The molecule has 0 bridgehead atoms. The number of benzene rings is 1. The molecule has 0 saturated carbocycles. The summed E-state index contributed by atoms with van der Waals surface area (Å²) in [6, 6.07) is 12.1. The normalized spacial score (nSPS) is 14.8. The summed E-state index contributed by atoms with van der Waals surface area (Å²) in [4.78, 5) is 33.9. The Kier molecular flexibility index (Phi) is 11.1. The molecule has 0 aliphatic carbocycles. The lowest BCUT2D eigenvalue weighted by atomic mass is 10.1. The number of carboxylic acid groups (broad SMARTS) is 1. The van der Waals surface area contributed by atoms with Crippen molar-refractivity contribution in [3.05, 3.63) is 82.7 Å². The predicted molar refractivity (Wildman–Crippen MR) is 159 cm³/mol. The average Bonchev–Trinajstić information content (AvgIpc) is 3.27. The molecular formula is C32H40FN5O3. The van der Waals surface area contributed by atoms with Crippen LogP contribution in [-0.4, -0.2) is 54.1 Å². The van der Waals surface area contributed by atoms with Crippen LogP contribution >= 0.6 is 0 Å². The number of likely N-dealkylation sites (tertiary alicyclic amines) is 1. The van der Waals surface area contributed by atoms with Crippen molar-refractivity contribution >= 4 is 17.5 Å². The highest BCUT2D eigenvalue weighted by Crippen LogP contribution is 2.25. The number of carboxylic acids is 1. The number of aromatic nitrogens is 4. The van der Waals surface area contributed by atoms with Crippen LogP contribution in [0.5, 0.6) is 0 Å². The lowest BCUT2D eigenvalue weighted by molar-refractivity contribution is 0.0684. The fraction of sp³-hybridized carbons (Fsp3) is 0.406. The SMILES string of the molecule is CC.CCc1cc(C(=O)N2CCCCCC2C)nc2cc(-c3ccc(C)cc3F)nn12.Cc1ccc(C(=O)O)cn1. The van der Waals surface area contributed by atoms with Gasteiger partial charge in [-0.3, -0.25) is 9.78 Å². The summed E-state index contributed by atoms with van der Waals surface area (Å²) >= 11 is 0. The number of fused-ring (bicyclic) bond motifs is 1. The predicted octanol–water partition coefficient (Wildman–Crippen LogP) is 6.93. The van der Waals surface area contributed by atoms with Gasteiger partial charge in [0.05, 0.1) is 11.3 Å².